The Hall–Kier alpha value is -1.39. The van der Waals surface area contributed by atoms with Crippen LogP contribution in [-0.4, -0.2) is 16.1 Å². The van der Waals surface area contributed by atoms with Gasteiger partial charge in [0, 0.05) is 17.1 Å². The molecule has 2 rings (SSSR count). The fraction of sp³-hybridized carbons (Fsp3) is 0.438. The molecule has 0 saturated heterocycles. The van der Waals surface area contributed by atoms with Crippen LogP contribution in [0.5, 0.6) is 5.75 Å². The van der Waals surface area contributed by atoms with Crippen molar-refractivity contribution >= 4 is 11.3 Å². The second kappa shape index (κ2) is 6.86. The minimum absolute atomic E-state index is 0.295. The summed E-state index contributed by atoms with van der Waals surface area (Å²) in [6, 6.07) is 8.18. The molecule has 2 N–H and O–H groups in total. The minimum Gasteiger partial charge on any atom is -0.508 e. The van der Waals surface area contributed by atoms with Crippen LogP contribution in [-0.2, 0) is 6.42 Å². The Balaban J connectivity index is 1.80. The predicted molar refractivity (Wildman–Crippen MR) is 84.3 cm³/mol. The molecule has 1 aromatic heterocycles. The maximum absolute atomic E-state index is 9.26. The number of rotatable bonds is 6. The summed E-state index contributed by atoms with van der Waals surface area (Å²) in [5, 5.41) is 14.0. The van der Waals surface area contributed by atoms with Gasteiger partial charge in [-0.05, 0) is 51.3 Å². The zero-order chi connectivity index (χ0) is 14.5. The van der Waals surface area contributed by atoms with E-state index in [0.717, 1.165) is 17.8 Å². The number of hydrogen-bond acceptors (Lipinski definition) is 4. The summed E-state index contributed by atoms with van der Waals surface area (Å²) in [6.07, 6.45) is 4.01. The average molecular weight is 290 g/mol. The van der Waals surface area contributed by atoms with Crippen molar-refractivity contribution in [2.75, 3.05) is 0 Å². The SMILES string of the molecule is Cc1cnc(C(C)NC(C)CCc2ccc(O)cc2)s1. The smallest absolute Gasteiger partial charge is 0.115 e. The molecule has 1 heterocycles. The van der Waals surface area contributed by atoms with Crippen LogP contribution in [0.2, 0.25) is 0 Å². The van der Waals surface area contributed by atoms with Gasteiger partial charge in [0.2, 0.25) is 0 Å². The maximum atomic E-state index is 9.26. The summed E-state index contributed by atoms with van der Waals surface area (Å²) in [5.41, 5.74) is 1.26. The first-order valence-corrected chi connectivity index (χ1v) is 7.82. The molecule has 0 aliphatic heterocycles. The number of hydrogen-bond donors (Lipinski definition) is 2. The molecule has 0 saturated carbocycles. The molecule has 2 aromatic rings. The number of thiazole rings is 1. The van der Waals surface area contributed by atoms with Gasteiger partial charge in [0.1, 0.15) is 10.8 Å². The van der Waals surface area contributed by atoms with Gasteiger partial charge >= 0.3 is 0 Å². The predicted octanol–water partition coefficient (Wildman–Crippen LogP) is 3.83. The van der Waals surface area contributed by atoms with Gasteiger partial charge in [-0.3, -0.25) is 0 Å². The summed E-state index contributed by atoms with van der Waals surface area (Å²) in [7, 11) is 0. The van der Waals surface area contributed by atoms with E-state index in [-0.39, 0.29) is 0 Å². The summed E-state index contributed by atoms with van der Waals surface area (Å²) in [5.74, 6) is 0.327. The van der Waals surface area contributed by atoms with Crippen molar-refractivity contribution in [3.8, 4) is 5.75 Å². The van der Waals surface area contributed by atoms with Crippen molar-refractivity contribution in [3.05, 3.63) is 45.9 Å². The van der Waals surface area contributed by atoms with Crippen LogP contribution in [0.3, 0.4) is 0 Å². The monoisotopic (exact) mass is 290 g/mol. The highest BCUT2D eigenvalue weighted by atomic mass is 32.1. The Bertz CT molecular complexity index is 536. The lowest BCUT2D eigenvalue weighted by molar-refractivity contribution is 0.455. The number of phenolic OH excluding ortho intramolecular Hbond substituents is 1. The van der Waals surface area contributed by atoms with E-state index in [1.165, 1.54) is 10.4 Å². The maximum Gasteiger partial charge on any atom is 0.115 e. The molecular weight excluding hydrogens is 268 g/mol. The molecule has 2 atom stereocenters. The topological polar surface area (TPSA) is 45.2 Å². The Morgan fingerprint density at radius 3 is 2.55 bits per heavy atom. The molecule has 4 heteroatoms. The first kappa shape index (κ1) is 15.0. The lowest BCUT2D eigenvalue weighted by atomic mass is 10.1. The first-order chi connectivity index (χ1) is 9.54. The lowest BCUT2D eigenvalue weighted by Crippen LogP contribution is -2.29. The van der Waals surface area contributed by atoms with Gasteiger partial charge in [0.15, 0.2) is 0 Å². The Kier molecular flexibility index (Phi) is 5.15. The molecule has 0 spiro atoms. The quantitative estimate of drug-likeness (QED) is 0.850. The van der Waals surface area contributed by atoms with Crippen molar-refractivity contribution in [3.63, 3.8) is 0 Å². The van der Waals surface area contributed by atoms with Gasteiger partial charge in [-0.2, -0.15) is 0 Å². The molecule has 0 bridgehead atoms. The average Bonchev–Trinajstić information content (AvgIpc) is 2.85. The van der Waals surface area contributed by atoms with Gasteiger partial charge in [0.05, 0.1) is 6.04 Å². The molecule has 20 heavy (non-hydrogen) atoms. The van der Waals surface area contributed by atoms with Crippen molar-refractivity contribution in [1.82, 2.24) is 10.3 Å². The Morgan fingerprint density at radius 2 is 1.95 bits per heavy atom. The van der Waals surface area contributed by atoms with E-state index in [1.807, 2.05) is 18.3 Å². The summed E-state index contributed by atoms with van der Waals surface area (Å²) < 4.78 is 0. The molecule has 3 nitrogen and oxygen atoms in total. The first-order valence-electron chi connectivity index (χ1n) is 7.01. The molecule has 0 amide bonds. The largest absolute Gasteiger partial charge is 0.508 e. The molecular formula is C16H22N2OS. The zero-order valence-corrected chi connectivity index (χ0v) is 13.1. The van der Waals surface area contributed by atoms with Crippen LogP contribution in [0.1, 0.15) is 41.8 Å². The van der Waals surface area contributed by atoms with Gasteiger partial charge < -0.3 is 10.4 Å². The Morgan fingerprint density at radius 1 is 1.25 bits per heavy atom. The van der Waals surface area contributed by atoms with Gasteiger partial charge in [-0.1, -0.05) is 12.1 Å². The van der Waals surface area contributed by atoms with Crippen LogP contribution >= 0.6 is 11.3 Å². The normalized spacial score (nSPS) is 14.2. The van der Waals surface area contributed by atoms with Crippen LogP contribution in [0.4, 0.5) is 0 Å². The van der Waals surface area contributed by atoms with Crippen molar-refractivity contribution < 1.29 is 5.11 Å². The van der Waals surface area contributed by atoms with E-state index in [1.54, 1.807) is 23.5 Å². The molecule has 1 aromatic carbocycles. The summed E-state index contributed by atoms with van der Waals surface area (Å²) in [4.78, 5) is 5.68. The summed E-state index contributed by atoms with van der Waals surface area (Å²) >= 11 is 1.75. The second-order valence-electron chi connectivity index (χ2n) is 5.30. The van der Waals surface area contributed by atoms with Crippen molar-refractivity contribution in [1.29, 1.82) is 0 Å². The van der Waals surface area contributed by atoms with Gasteiger partial charge in [-0.15, -0.1) is 11.3 Å². The zero-order valence-electron chi connectivity index (χ0n) is 12.3. The van der Waals surface area contributed by atoms with E-state index in [2.05, 4.69) is 31.1 Å². The number of benzene rings is 1. The highest BCUT2D eigenvalue weighted by molar-refractivity contribution is 7.11. The lowest BCUT2D eigenvalue weighted by Gasteiger charge is -2.18. The third-order valence-electron chi connectivity index (χ3n) is 3.35. The second-order valence-corrected chi connectivity index (χ2v) is 6.57. The molecule has 108 valence electrons. The molecule has 0 aliphatic carbocycles. The van der Waals surface area contributed by atoms with E-state index in [0.29, 0.717) is 17.8 Å². The molecule has 0 aliphatic rings. The third kappa shape index (κ3) is 4.32. The minimum atomic E-state index is 0.295. The highest BCUT2D eigenvalue weighted by Crippen LogP contribution is 2.20. The van der Waals surface area contributed by atoms with Crippen molar-refractivity contribution in [2.24, 2.45) is 0 Å². The highest BCUT2D eigenvalue weighted by Gasteiger charge is 2.12. The van der Waals surface area contributed by atoms with E-state index < -0.39 is 0 Å². The van der Waals surface area contributed by atoms with E-state index >= 15 is 0 Å². The number of nitrogens with zero attached hydrogens (tertiary/aromatic N) is 1. The van der Waals surface area contributed by atoms with Crippen LogP contribution in [0, 0.1) is 6.92 Å². The number of phenols is 1. The summed E-state index contributed by atoms with van der Waals surface area (Å²) in [6.45, 7) is 6.45. The van der Waals surface area contributed by atoms with E-state index in [4.69, 9.17) is 0 Å². The standard InChI is InChI=1S/C16H22N2OS/c1-11(4-5-14-6-8-15(19)9-7-14)18-13(3)16-17-10-12(2)20-16/h6-11,13,18-19H,4-5H2,1-3H3. The number of aromatic nitrogens is 1. The number of aromatic hydroxyl groups is 1. The molecule has 0 radical (unpaired) electrons. The van der Waals surface area contributed by atoms with Crippen molar-refractivity contribution in [2.45, 2.75) is 45.7 Å². The molecule has 0 fully saturated rings. The third-order valence-corrected chi connectivity index (χ3v) is 4.44. The van der Waals surface area contributed by atoms with Crippen LogP contribution in [0.15, 0.2) is 30.5 Å². The number of aryl methyl sites for hydroxylation is 2. The fourth-order valence-corrected chi connectivity index (χ4v) is 2.99. The van der Waals surface area contributed by atoms with Crippen LogP contribution < -0.4 is 5.32 Å². The van der Waals surface area contributed by atoms with Gasteiger partial charge in [-0.25, -0.2) is 4.98 Å². The van der Waals surface area contributed by atoms with E-state index in [9.17, 15) is 5.11 Å². The molecule has 2 unspecified atom stereocenters. The Labute approximate surface area is 124 Å². The van der Waals surface area contributed by atoms with Gasteiger partial charge in [0.25, 0.3) is 0 Å². The van der Waals surface area contributed by atoms with Crippen LogP contribution in [0.25, 0.3) is 0 Å². The number of nitrogens with one attached hydrogen (secondary N) is 1. The fourth-order valence-electron chi connectivity index (χ4n) is 2.20.